The zero-order valence-electron chi connectivity index (χ0n) is 9.98. The summed E-state index contributed by atoms with van der Waals surface area (Å²) in [4.78, 5) is 4.18. The fourth-order valence-electron chi connectivity index (χ4n) is 2.47. The molecule has 1 fully saturated rings. The number of aliphatic hydroxyl groups excluding tert-OH is 1. The summed E-state index contributed by atoms with van der Waals surface area (Å²) in [7, 11) is 1.89. The van der Waals surface area contributed by atoms with Crippen molar-refractivity contribution in [1.82, 2.24) is 20.1 Å². The van der Waals surface area contributed by atoms with Crippen LogP contribution in [0.5, 0.6) is 0 Å². The second kappa shape index (κ2) is 4.51. The van der Waals surface area contributed by atoms with Crippen LogP contribution in [-0.2, 0) is 13.6 Å². The van der Waals surface area contributed by atoms with Crippen molar-refractivity contribution in [2.24, 2.45) is 12.5 Å². The number of hydrogen-bond acceptors (Lipinski definition) is 4. The highest BCUT2D eigenvalue weighted by Crippen LogP contribution is 2.37. The van der Waals surface area contributed by atoms with Gasteiger partial charge in [0.25, 0.3) is 0 Å². The third-order valence-corrected chi connectivity index (χ3v) is 3.75. The maximum absolute atomic E-state index is 9.43. The average Bonchev–Trinajstić information content (AvgIpc) is 2.83. The highest BCUT2D eigenvalue weighted by Gasteiger charge is 2.37. The Morgan fingerprint density at radius 3 is 3.12 bits per heavy atom. The van der Waals surface area contributed by atoms with E-state index in [-0.39, 0.29) is 12.0 Å². The maximum atomic E-state index is 9.43. The van der Waals surface area contributed by atoms with Crippen molar-refractivity contribution < 1.29 is 5.11 Å². The van der Waals surface area contributed by atoms with E-state index in [1.54, 1.807) is 11.0 Å². The molecular formula is C11H20N4O. The quantitative estimate of drug-likeness (QED) is 0.779. The van der Waals surface area contributed by atoms with E-state index in [9.17, 15) is 5.11 Å². The molecule has 90 valence electrons. The minimum Gasteiger partial charge on any atom is -0.396 e. The van der Waals surface area contributed by atoms with Gasteiger partial charge in [-0.3, -0.25) is 4.68 Å². The molecule has 1 aromatic heterocycles. The summed E-state index contributed by atoms with van der Waals surface area (Å²) >= 11 is 0. The van der Waals surface area contributed by atoms with Crippen LogP contribution in [0.3, 0.4) is 0 Å². The summed E-state index contributed by atoms with van der Waals surface area (Å²) in [6.07, 6.45) is 4.99. The fraction of sp³-hybridized carbons (Fsp3) is 0.818. The first kappa shape index (κ1) is 11.5. The molecule has 1 aliphatic carbocycles. The number of rotatable bonds is 4. The monoisotopic (exact) mass is 224 g/mol. The molecule has 2 rings (SSSR count). The first-order valence-electron chi connectivity index (χ1n) is 5.83. The van der Waals surface area contributed by atoms with Crippen molar-refractivity contribution in [2.75, 3.05) is 6.61 Å². The lowest BCUT2D eigenvalue weighted by Gasteiger charge is -2.30. The fourth-order valence-corrected chi connectivity index (χ4v) is 2.47. The van der Waals surface area contributed by atoms with Crippen LogP contribution < -0.4 is 5.32 Å². The van der Waals surface area contributed by atoms with Gasteiger partial charge in [0, 0.05) is 25.1 Å². The summed E-state index contributed by atoms with van der Waals surface area (Å²) in [5.41, 5.74) is 0.0264. The van der Waals surface area contributed by atoms with E-state index in [1.807, 2.05) is 7.05 Å². The molecule has 0 aliphatic heterocycles. The first-order chi connectivity index (χ1) is 7.65. The largest absolute Gasteiger partial charge is 0.396 e. The molecule has 1 aliphatic rings. The zero-order chi connectivity index (χ0) is 11.6. The van der Waals surface area contributed by atoms with E-state index in [0.29, 0.717) is 6.04 Å². The minimum atomic E-state index is 0.0264. The molecule has 0 aromatic carbocycles. The van der Waals surface area contributed by atoms with Crippen LogP contribution in [0.2, 0.25) is 0 Å². The molecule has 0 bridgehead atoms. The Labute approximate surface area is 95.9 Å². The molecule has 0 spiro atoms. The molecule has 1 saturated carbocycles. The van der Waals surface area contributed by atoms with Crippen LogP contribution in [0.25, 0.3) is 0 Å². The number of aliphatic hydroxyl groups is 1. The predicted octanol–water partition coefficient (Wildman–Crippen LogP) is 0.456. The normalized spacial score (nSPS) is 29.8. The highest BCUT2D eigenvalue weighted by atomic mass is 16.3. The number of nitrogens with one attached hydrogen (secondary N) is 1. The summed E-state index contributed by atoms with van der Waals surface area (Å²) in [6, 6.07) is 0.384. The van der Waals surface area contributed by atoms with Gasteiger partial charge in [-0.15, -0.1) is 0 Å². The zero-order valence-corrected chi connectivity index (χ0v) is 9.98. The van der Waals surface area contributed by atoms with E-state index >= 15 is 0 Å². The van der Waals surface area contributed by atoms with Gasteiger partial charge < -0.3 is 10.4 Å². The molecule has 5 nitrogen and oxygen atoms in total. The van der Waals surface area contributed by atoms with Crippen molar-refractivity contribution in [1.29, 1.82) is 0 Å². The lowest BCUT2D eigenvalue weighted by Crippen LogP contribution is -2.41. The Kier molecular flexibility index (Phi) is 3.25. The van der Waals surface area contributed by atoms with Gasteiger partial charge in [0.1, 0.15) is 12.2 Å². The Morgan fingerprint density at radius 1 is 1.69 bits per heavy atom. The van der Waals surface area contributed by atoms with Gasteiger partial charge in [-0.05, 0) is 12.8 Å². The van der Waals surface area contributed by atoms with Crippen LogP contribution in [0.15, 0.2) is 6.33 Å². The average molecular weight is 224 g/mol. The first-order valence-corrected chi connectivity index (χ1v) is 5.83. The smallest absolute Gasteiger partial charge is 0.140 e. The third-order valence-electron chi connectivity index (χ3n) is 3.75. The second-order valence-electron chi connectivity index (χ2n) is 4.94. The van der Waals surface area contributed by atoms with E-state index in [1.165, 1.54) is 6.42 Å². The standard InChI is InChI=1S/C11H20N4O/c1-11(7-16)5-3-4-9(11)12-6-10-13-8-14-15(10)2/h8-9,12,16H,3-7H2,1-2H3. The van der Waals surface area contributed by atoms with Gasteiger partial charge in [0.2, 0.25) is 0 Å². The molecule has 16 heavy (non-hydrogen) atoms. The molecule has 2 atom stereocenters. The maximum Gasteiger partial charge on any atom is 0.140 e. The molecule has 2 N–H and O–H groups in total. The van der Waals surface area contributed by atoms with Crippen LogP contribution in [0.4, 0.5) is 0 Å². The molecule has 0 amide bonds. The molecule has 0 saturated heterocycles. The predicted molar refractivity (Wildman–Crippen MR) is 60.7 cm³/mol. The lowest BCUT2D eigenvalue weighted by atomic mass is 9.86. The van der Waals surface area contributed by atoms with Gasteiger partial charge in [-0.25, -0.2) is 4.98 Å². The third kappa shape index (κ3) is 2.10. The van der Waals surface area contributed by atoms with E-state index in [0.717, 1.165) is 25.2 Å². The van der Waals surface area contributed by atoms with Gasteiger partial charge in [0.05, 0.1) is 6.54 Å². The summed E-state index contributed by atoms with van der Waals surface area (Å²) in [5, 5.41) is 17.0. The molecule has 1 aromatic rings. The Bertz CT molecular complexity index is 352. The second-order valence-corrected chi connectivity index (χ2v) is 4.94. The molecule has 2 unspecified atom stereocenters. The van der Waals surface area contributed by atoms with Gasteiger partial charge in [-0.2, -0.15) is 5.10 Å². The number of aryl methyl sites for hydroxylation is 1. The summed E-state index contributed by atoms with van der Waals surface area (Å²) in [6.45, 7) is 3.12. The van der Waals surface area contributed by atoms with Gasteiger partial charge >= 0.3 is 0 Å². The van der Waals surface area contributed by atoms with Crippen molar-refractivity contribution in [2.45, 2.75) is 38.8 Å². The number of nitrogens with zero attached hydrogens (tertiary/aromatic N) is 3. The molecule has 5 heteroatoms. The molecule has 0 radical (unpaired) electrons. The van der Waals surface area contributed by atoms with Crippen LogP contribution in [-0.4, -0.2) is 32.5 Å². The lowest BCUT2D eigenvalue weighted by molar-refractivity contribution is 0.118. The minimum absolute atomic E-state index is 0.0264. The van der Waals surface area contributed by atoms with E-state index in [2.05, 4.69) is 22.3 Å². The number of aromatic nitrogens is 3. The van der Waals surface area contributed by atoms with Crippen molar-refractivity contribution in [3.63, 3.8) is 0 Å². The molecular weight excluding hydrogens is 204 g/mol. The number of hydrogen-bond donors (Lipinski definition) is 2. The molecule has 1 heterocycles. The van der Waals surface area contributed by atoms with E-state index in [4.69, 9.17) is 0 Å². The van der Waals surface area contributed by atoms with E-state index < -0.39 is 0 Å². The van der Waals surface area contributed by atoms with Gasteiger partial charge in [-0.1, -0.05) is 13.3 Å². The topological polar surface area (TPSA) is 63.0 Å². The highest BCUT2D eigenvalue weighted by molar-refractivity contribution is 4.94. The van der Waals surface area contributed by atoms with Crippen molar-refractivity contribution in [3.05, 3.63) is 12.2 Å². The van der Waals surface area contributed by atoms with Crippen molar-refractivity contribution >= 4 is 0 Å². The van der Waals surface area contributed by atoms with Crippen LogP contribution in [0, 0.1) is 5.41 Å². The Balaban J connectivity index is 1.93. The van der Waals surface area contributed by atoms with Crippen LogP contribution >= 0.6 is 0 Å². The van der Waals surface area contributed by atoms with Gasteiger partial charge in [0.15, 0.2) is 0 Å². The summed E-state index contributed by atoms with van der Waals surface area (Å²) < 4.78 is 1.78. The van der Waals surface area contributed by atoms with Crippen molar-refractivity contribution in [3.8, 4) is 0 Å². The summed E-state index contributed by atoms with van der Waals surface area (Å²) in [5.74, 6) is 0.937. The Hall–Kier alpha value is -0.940. The Morgan fingerprint density at radius 2 is 2.50 bits per heavy atom. The SMILES string of the molecule is Cn1ncnc1CNC1CCCC1(C)CO. The van der Waals surface area contributed by atoms with Crippen LogP contribution in [0.1, 0.15) is 32.0 Å².